The molecule has 0 spiro atoms. The van der Waals surface area contributed by atoms with Crippen molar-refractivity contribution < 1.29 is 4.74 Å². The van der Waals surface area contributed by atoms with E-state index in [4.69, 9.17) is 4.74 Å². The summed E-state index contributed by atoms with van der Waals surface area (Å²) in [4.78, 5) is 4.50. The fourth-order valence-electron chi connectivity index (χ4n) is 1.99. The molecule has 1 saturated heterocycles. The molecule has 0 amide bonds. The van der Waals surface area contributed by atoms with Crippen molar-refractivity contribution in [3.63, 3.8) is 0 Å². The Morgan fingerprint density at radius 3 is 2.71 bits per heavy atom. The molecule has 0 aromatic carbocycles. The summed E-state index contributed by atoms with van der Waals surface area (Å²) in [7, 11) is 0. The second-order valence-corrected chi connectivity index (χ2v) is 4.35. The van der Waals surface area contributed by atoms with Gasteiger partial charge in [0.15, 0.2) is 0 Å². The van der Waals surface area contributed by atoms with Crippen molar-refractivity contribution in [2.24, 2.45) is 5.92 Å². The van der Waals surface area contributed by atoms with Crippen LogP contribution in [0.5, 0.6) is 0 Å². The molecular weight excluding hydrogens is 216 g/mol. The van der Waals surface area contributed by atoms with Crippen LogP contribution < -0.4 is 5.32 Å². The Labute approximate surface area is 102 Å². The minimum Gasteiger partial charge on any atom is -0.381 e. The molecule has 0 radical (unpaired) electrons. The SMILES string of the molecule is CCc1nnc(NCC2CCOC2)nc1CC. The Morgan fingerprint density at radius 2 is 2.06 bits per heavy atom. The van der Waals surface area contributed by atoms with Crippen LogP contribution in [0, 0.1) is 5.92 Å². The van der Waals surface area contributed by atoms with Crippen molar-refractivity contribution in [1.82, 2.24) is 15.2 Å². The Kier molecular flexibility index (Phi) is 4.25. The lowest BCUT2D eigenvalue weighted by atomic mass is 10.1. The highest BCUT2D eigenvalue weighted by molar-refractivity contribution is 5.25. The van der Waals surface area contributed by atoms with E-state index < -0.39 is 0 Å². The first kappa shape index (κ1) is 12.2. The van der Waals surface area contributed by atoms with Crippen LogP contribution in [-0.2, 0) is 17.6 Å². The van der Waals surface area contributed by atoms with Crippen LogP contribution in [0.3, 0.4) is 0 Å². The molecule has 1 fully saturated rings. The lowest BCUT2D eigenvalue weighted by Crippen LogP contribution is -2.17. The molecule has 2 rings (SSSR count). The lowest BCUT2D eigenvalue weighted by molar-refractivity contribution is 0.187. The van der Waals surface area contributed by atoms with Crippen molar-refractivity contribution in [2.75, 3.05) is 25.1 Å². The molecular formula is C12H20N4O. The Bertz CT molecular complexity index is 364. The highest BCUT2D eigenvalue weighted by Crippen LogP contribution is 2.13. The number of hydrogen-bond donors (Lipinski definition) is 1. The van der Waals surface area contributed by atoms with Crippen LogP contribution >= 0.6 is 0 Å². The van der Waals surface area contributed by atoms with Gasteiger partial charge in [-0.1, -0.05) is 13.8 Å². The maximum absolute atomic E-state index is 5.33. The zero-order chi connectivity index (χ0) is 12.1. The Balaban J connectivity index is 1.95. The molecule has 5 heteroatoms. The monoisotopic (exact) mass is 236 g/mol. The van der Waals surface area contributed by atoms with E-state index in [1.807, 2.05) is 0 Å². The second-order valence-electron chi connectivity index (χ2n) is 4.35. The summed E-state index contributed by atoms with van der Waals surface area (Å²) in [5, 5.41) is 11.6. The van der Waals surface area contributed by atoms with E-state index in [0.717, 1.165) is 50.4 Å². The van der Waals surface area contributed by atoms with E-state index in [1.165, 1.54) is 0 Å². The van der Waals surface area contributed by atoms with Crippen molar-refractivity contribution in [1.29, 1.82) is 0 Å². The van der Waals surface area contributed by atoms with Gasteiger partial charge < -0.3 is 10.1 Å². The first-order chi connectivity index (χ1) is 8.33. The Hall–Kier alpha value is -1.23. The molecule has 2 heterocycles. The average Bonchev–Trinajstić information content (AvgIpc) is 2.89. The summed E-state index contributed by atoms with van der Waals surface area (Å²) in [5.41, 5.74) is 2.05. The molecule has 1 atom stereocenters. The third kappa shape index (κ3) is 3.12. The quantitative estimate of drug-likeness (QED) is 0.838. The molecule has 0 saturated carbocycles. The molecule has 0 bridgehead atoms. The van der Waals surface area contributed by atoms with Gasteiger partial charge in [0.25, 0.3) is 0 Å². The average molecular weight is 236 g/mol. The van der Waals surface area contributed by atoms with Crippen LogP contribution in [0.15, 0.2) is 0 Å². The van der Waals surface area contributed by atoms with Crippen molar-refractivity contribution >= 4 is 5.95 Å². The largest absolute Gasteiger partial charge is 0.381 e. The van der Waals surface area contributed by atoms with Crippen molar-refractivity contribution in [3.05, 3.63) is 11.4 Å². The molecule has 94 valence electrons. The number of ether oxygens (including phenoxy) is 1. The third-order valence-electron chi connectivity index (χ3n) is 3.08. The van der Waals surface area contributed by atoms with E-state index in [1.54, 1.807) is 0 Å². The molecule has 17 heavy (non-hydrogen) atoms. The summed E-state index contributed by atoms with van der Waals surface area (Å²) in [6, 6.07) is 0. The minimum atomic E-state index is 0.578. The lowest BCUT2D eigenvalue weighted by Gasteiger charge is -2.10. The van der Waals surface area contributed by atoms with Gasteiger partial charge in [-0.05, 0) is 19.3 Å². The predicted molar refractivity (Wildman–Crippen MR) is 66.0 cm³/mol. The summed E-state index contributed by atoms with van der Waals surface area (Å²) >= 11 is 0. The minimum absolute atomic E-state index is 0.578. The van der Waals surface area contributed by atoms with Gasteiger partial charge in [0.2, 0.25) is 5.95 Å². The highest BCUT2D eigenvalue weighted by Gasteiger charge is 2.15. The van der Waals surface area contributed by atoms with Gasteiger partial charge in [-0.3, -0.25) is 0 Å². The first-order valence-corrected chi connectivity index (χ1v) is 6.37. The molecule has 1 unspecified atom stereocenters. The zero-order valence-electron chi connectivity index (χ0n) is 10.6. The highest BCUT2D eigenvalue weighted by atomic mass is 16.5. The first-order valence-electron chi connectivity index (χ1n) is 6.37. The van der Waals surface area contributed by atoms with Gasteiger partial charge in [-0.15, -0.1) is 5.10 Å². The fraction of sp³-hybridized carbons (Fsp3) is 0.750. The number of aromatic nitrogens is 3. The van der Waals surface area contributed by atoms with Crippen LogP contribution in [0.2, 0.25) is 0 Å². The van der Waals surface area contributed by atoms with E-state index in [2.05, 4.69) is 34.3 Å². The molecule has 1 aromatic heterocycles. The van der Waals surface area contributed by atoms with Gasteiger partial charge in [-0.25, -0.2) is 4.98 Å². The van der Waals surface area contributed by atoms with Crippen LogP contribution in [0.4, 0.5) is 5.95 Å². The number of hydrogen-bond acceptors (Lipinski definition) is 5. The van der Waals surface area contributed by atoms with Crippen LogP contribution in [-0.4, -0.2) is 34.9 Å². The predicted octanol–water partition coefficient (Wildman–Crippen LogP) is 1.44. The van der Waals surface area contributed by atoms with Crippen LogP contribution in [0.25, 0.3) is 0 Å². The Morgan fingerprint density at radius 1 is 1.24 bits per heavy atom. The maximum atomic E-state index is 5.33. The summed E-state index contributed by atoms with van der Waals surface area (Å²) in [6.07, 6.45) is 2.91. The smallest absolute Gasteiger partial charge is 0.242 e. The number of nitrogens with zero attached hydrogens (tertiary/aromatic N) is 3. The fourth-order valence-corrected chi connectivity index (χ4v) is 1.99. The van der Waals surface area contributed by atoms with Gasteiger partial charge in [-0.2, -0.15) is 5.10 Å². The normalized spacial score (nSPS) is 19.5. The molecule has 1 aliphatic rings. The number of rotatable bonds is 5. The molecule has 5 nitrogen and oxygen atoms in total. The number of anilines is 1. The van der Waals surface area contributed by atoms with Gasteiger partial charge in [0.05, 0.1) is 18.0 Å². The van der Waals surface area contributed by atoms with Gasteiger partial charge in [0.1, 0.15) is 0 Å². The number of nitrogens with one attached hydrogen (secondary N) is 1. The van der Waals surface area contributed by atoms with Crippen molar-refractivity contribution in [2.45, 2.75) is 33.1 Å². The van der Waals surface area contributed by atoms with E-state index >= 15 is 0 Å². The maximum Gasteiger partial charge on any atom is 0.242 e. The molecule has 0 aliphatic carbocycles. The van der Waals surface area contributed by atoms with Gasteiger partial charge in [0, 0.05) is 19.1 Å². The zero-order valence-corrected chi connectivity index (χ0v) is 10.6. The second kappa shape index (κ2) is 5.91. The molecule has 1 aromatic rings. The third-order valence-corrected chi connectivity index (χ3v) is 3.08. The van der Waals surface area contributed by atoms with Gasteiger partial charge >= 0.3 is 0 Å². The van der Waals surface area contributed by atoms with E-state index in [9.17, 15) is 0 Å². The van der Waals surface area contributed by atoms with Crippen LogP contribution in [0.1, 0.15) is 31.7 Å². The summed E-state index contributed by atoms with van der Waals surface area (Å²) in [5.74, 6) is 1.22. The van der Waals surface area contributed by atoms with E-state index in [-0.39, 0.29) is 0 Å². The summed E-state index contributed by atoms with van der Waals surface area (Å²) in [6.45, 7) is 6.76. The standard InChI is InChI=1S/C12H20N4O/c1-3-10-11(4-2)15-16-12(14-10)13-7-9-5-6-17-8-9/h9H,3-8H2,1-2H3,(H,13,14,16). The van der Waals surface area contributed by atoms with Crippen molar-refractivity contribution in [3.8, 4) is 0 Å². The summed E-state index contributed by atoms with van der Waals surface area (Å²) < 4.78 is 5.33. The molecule has 1 N–H and O–H groups in total. The number of aryl methyl sites for hydroxylation is 2. The molecule has 1 aliphatic heterocycles. The topological polar surface area (TPSA) is 59.9 Å². The van der Waals surface area contributed by atoms with E-state index in [0.29, 0.717) is 11.9 Å².